The molecule has 2 heterocycles. The second-order valence-electron chi connectivity index (χ2n) is 5.64. The number of nitrogens with zero attached hydrogens (tertiary/aromatic N) is 2. The highest BCUT2D eigenvalue weighted by Crippen LogP contribution is 2.42. The molecule has 2 aromatic rings. The number of nitro benzene ring substituents is 1. The molecule has 0 radical (unpaired) electrons. The van der Waals surface area contributed by atoms with Crippen molar-refractivity contribution in [2.45, 2.75) is 0 Å². The number of fused-ring (bicyclic) bond motifs is 1. The van der Waals surface area contributed by atoms with Gasteiger partial charge in [-0.2, -0.15) is 0 Å². The molecule has 2 aromatic carbocycles. The first kappa shape index (κ1) is 19.2. The molecule has 11 heteroatoms. The number of hydrogen-bond acceptors (Lipinski definition) is 7. The molecule has 0 aromatic heterocycles. The van der Waals surface area contributed by atoms with E-state index >= 15 is 0 Å². The molecular formula is C17H8BrClN2O5S2. The summed E-state index contributed by atoms with van der Waals surface area (Å²) in [6.07, 6.45) is 1.43. The lowest BCUT2D eigenvalue weighted by Crippen LogP contribution is -2.27. The molecule has 0 saturated carbocycles. The SMILES string of the molecule is O=C1C(=Cc2cc3c(cc2[N+](=O)[O-])OCO3)SC(=S)N1c1ccc(Br)c(Cl)c1. The third-order valence-corrected chi connectivity index (χ3v) is 6.49. The fraction of sp³-hybridized carbons (Fsp3) is 0.0588. The normalized spacial score (nSPS) is 16.9. The number of carbonyl (C=O) groups is 1. The van der Waals surface area contributed by atoms with Crippen molar-refractivity contribution in [3.8, 4) is 11.5 Å². The number of thioether (sulfide) groups is 1. The number of anilines is 1. The molecule has 142 valence electrons. The fourth-order valence-corrected chi connectivity index (χ4v) is 4.39. The Kier molecular flexibility index (Phi) is 5.04. The van der Waals surface area contributed by atoms with Gasteiger partial charge in [0.1, 0.15) is 0 Å². The summed E-state index contributed by atoms with van der Waals surface area (Å²) < 4.78 is 11.5. The van der Waals surface area contributed by atoms with Crippen LogP contribution in [0.2, 0.25) is 5.02 Å². The van der Waals surface area contributed by atoms with Crippen molar-refractivity contribution in [1.29, 1.82) is 0 Å². The van der Waals surface area contributed by atoms with E-state index in [9.17, 15) is 14.9 Å². The molecule has 0 N–H and O–H groups in total. The summed E-state index contributed by atoms with van der Waals surface area (Å²) in [5, 5.41) is 11.9. The summed E-state index contributed by atoms with van der Waals surface area (Å²) in [4.78, 5) is 25.4. The Morgan fingerprint density at radius 2 is 2.00 bits per heavy atom. The van der Waals surface area contributed by atoms with Gasteiger partial charge >= 0.3 is 0 Å². The first-order chi connectivity index (χ1) is 13.3. The smallest absolute Gasteiger partial charge is 0.280 e. The zero-order valence-corrected chi connectivity index (χ0v) is 17.7. The molecule has 0 spiro atoms. The van der Waals surface area contributed by atoms with Crippen molar-refractivity contribution < 1.29 is 19.2 Å². The maximum atomic E-state index is 12.9. The number of hydrogen-bond donors (Lipinski definition) is 0. The van der Waals surface area contributed by atoms with Crippen molar-refractivity contribution in [2.24, 2.45) is 0 Å². The number of carbonyl (C=O) groups excluding carboxylic acids is 1. The van der Waals surface area contributed by atoms with Crippen LogP contribution in [0.15, 0.2) is 39.7 Å². The minimum Gasteiger partial charge on any atom is -0.454 e. The van der Waals surface area contributed by atoms with Crippen LogP contribution in [-0.2, 0) is 4.79 Å². The van der Waals surface area contributed by atoms with Crippen molar-refractivity contribution >= 4 is 79.2 Å². The van der Waals surface area contributed by atoms with E-state index in [1.165, 1.54) is 23.1 Å². The largest absolute Gasteiger partial charge is 0.454 e. The molecule has 1 saturated heterocycles. The lowest BCUT2D eigenvalue weighted by molar-refractivity contribution is -0.385. The van der Waals surface area contributed by atoms with E-state index in [1.54, 1.807) is 18.2 Å². The molecular weight excluding hydrogens is 492 g/mol. The topological polar surface area (TPSA) is 81.9 Å². The van der Waals surface area contributed by atoms with E-state index in [-0.39, 0.29) is 28.9 Å². The first-order valence-corrected chi connectivity index (χ1v) is 10.1. The van der Waals surface area contributed by atoms with Crippen molar-refractivity contribution in [3.63, 3.8) is 0 Å². The Morgan fingerprint density at radius 3 is 2.68 bits per heavy atom. The van der Waals surface area contributed by atoms with Gasteiger partial charge < -0.3 is 9.47 Å². The van der Waals surface area contributed by atoms with Gasteiger partial charge in [-0.3, -0.25) is 19.8 Å². The summed E-state index contributed by atoms with van der Waals surface area (Å²) in [6.45, 7) is -0.0115. The first-order valence-electron chi connectivity index (χ1n) is 7.66. The summed E-state index contributed by atoms with van der Waals surface area (Å²) in [6, 6.07) is 7.78. The molecule has 7 nitrogen and oxygen atoms in total. The van der Waals surface area contributed by atoms with Gasteiger partial charge in [0.25, 0.3) is 11.6 Å². The predicted octanol–water partition coefficient (Wildman–Crippen LogP) is 5.15. The minimum atomic E-state index is -0.539. The van der Waals surface area contributed by atoms with Gasteiger partial charge in [-0.1, -0.05) is 35.6 Å². The Morgan fingerprint density at radius 1 is 1.29 bits per heavy atom. The van der Waals surface area contributed by atoms with Gasteiger partial charge in [0.05, 0.1) is 32.2 Å². The van der Waals surface area contributed by atoms with Crippen LogP contribution in [0.1, 0.15) is 5.56 Å². The van der Waals surface area contributed by atoms with Gasteiger partial charge in [0.2, 0.25) is 6.79 Å². The van der Waals surface area contributed by atoms with E-state index in [2.05, 4.69) is 15.9 Å². The summed E-state index contributed by atoms with van der Waals surface area (Å²) in [7, 11) is 0. The van der Waals surface area contributed by atoms with E-state index in [1.807, 2.05) is 0 Å². The molecule has 0 bridgehead atoms. The molecule has 0 aliphatic carbocycles. The lowest BCUT2D eigenvalue weighted by atomic mass is 10.1. The number of thiocarbonyl (C=S) groups is 1. The van der Waals surface area contributed by atoms with Crippen LogP contribution in [0.25, 0.3) is 6.08 Å². The lowest BCUT2D eigenvalue weighted by Gasteiger charge is -2.15. The van der Waals surface area contributed by atoms with Gasteiger partial charge in [0.15, 0.2) is 15.8 Å². The van der Waals surface area contributed by atoms with E-state index in [0.717, 1.165) is 11.8 Å². The fourth-order valence-electron chi connectivity index (χ4n) is 2.68. The Hall–Kier alpha value is -2.14. The third-order valence-electron chi connectivity index (χ3n) is 3.96. The molecule has 1 fully saturated rings. The Bertz CT molecular complexity index is 1090. The van der Waals surface area contributed by atoms with Gasteiger partial charge in [-0.05, 0) is 46.3 Å². The van der Waals surface area contributed by atoms with Crippen LogP contribution in [0.5, 0.6) is 11.5 Å². The van der Waals surface area contributed by atoms with Crippen molar-refractivity contribution in [2.75, 3.05) is 11.7 Å². The highest BCUT2D eigenvalue weighted by Gasteiger charge is 2.34. The standard InChI is InChI=1S/C17H8BrClN2O5S2/c18-10-2-1-9(5-11(10)19)20-16(22)15(28-17(20)27)4-8-3-13-14(26-7-25-13)6-12(8)21(23)24/h1-6H,7H2. The number of ether oxygens (including phenoxy) is 2. The number of rotatable bonds is 3. The third kappa shape index (κ3) is 3.37. The molecule has 4 rings (SSSR count). The van der Waals surface area contributed by atoms with Crippen LogP contribution in [0.4, 0.5) is 11.4 Å². The minimum absolute atomic E-state index is 0.0115. The molecule has 0 unspecified atom stereocenters. The molecule has 2 aliphatic rings. The number of benzene rings is 2. The highest BCUT2D eigenvalue weighted by molar-refractivity contribution is 9.10. The zero-order chi connectivity index (χ0) is 20.0. The van der Waals surface area contributed by atoms with Crippen LogP contribution < -0.4 is 14.4 Å². The summed E-state index contributed by atoms with van der Waals surface area (Å²) in [5.41, 5.74) is 0.545. The average molecular weight is 500 g/mol. The van der Waals surface area contributed by atoms with Crippen LogP contribution in [0.3, 0.4) is 0 Å². The van der Waals surface area contributed by atoms with E-state index in [4.69, 9.17) is 33.3 Å². The number of amides is 1. The molecule has 2 aliphatic heterocycles. The Labute approximate surface area is 181 Å². The maximum Gasteiger partial charge on any atom is 0.280 e. The monoisotopic (exact) mass is 498 g/mol. The van der Waals surface area contributed by atoms with Crippen LogP contribution in [0, 0.1) is 10.1 Å². The highest BCUT2D eigenvalue weighted by atomic mass is 79.9. The van der Waals surface area contributed by atoms with Crippen molar-refractivity contribution in [3.05, 3.63) is 60.4 Å². The quantitative estimate of drug-likeness (QED) is 0.250. The zero-order valence-electron chi connectivity index (χ0n) is 13.7. The molecule has 1 amide bonds. The Balaban J connectivity index is 1.74. The van der Waals surface area contributed by atoms with Gasteiger partial charge in [-0.15, -0.1) is 0 Å². The molecule has 28 heavy (non-hydrogen) atoms. The van der Waals surface area contributed by atoms with Gasteiger partial charge in [0, 0.05) is 4.47 Å². The maximum absolute atomic E-state index is 12.9. The molecule has 0 atom stereocenters. The second-order valence-corrected chi connectivity index (χ2v) is 8.57. The average Bonchev–Trinajstić information content (AvgIpc) is 3.21. The van der Waals surface area contributed by atoms with Crippen LogP contribution >= 0.6 is 51.5 Å². The summed E-state index contributed by atoms with van der Waals surface area (Å²) in [5.74, 6) is 0.285. The predicted molar refractivity (Wildman–Crippen MR) is 114 cm³/mol. The van der Waals surface area contributed by atoms with Crippen LogP contribution in [-0.4, -0.2) is 21.9 Å². The van der Waals surface area contributed by atoms with E-state index < -0.39 is 4.92 Å². The summed E-state index contributed by atoms with van der Waals surface area (Å²) >= 11 is 15.8. The second kappa shape index (κ2) is 7.36. The van der Waals surface area contributed by atoms with E-state index in [0.29, 0.717) is 31.0 Å². The van der Waals surface area contributed by atoms with Crippen molar-refractivity contribution in [1.82, 2.24) is 0 Å². The van der Waals surface area contributed by atoms with Gasteiger partial charge in [-0.25, -0.2) is 0 Å². The number of halogens is 2. The number of nitro groups is 1.